The smallest absolute Gasteiger partial charge is 0.253 e. The molecule has 3 aliphatic rings. The second-order valence-corrected chi connectivity index (χ2v) is 8.13. The van der Waals surface area contributed by atoms with Gasteiger partial charge in [0.15, 0.2) is 0 Å². The number of nitrogens with one attached hydrogen (secondary N) is 1. The topological polar surface area (TPSA) is 67.9 Å². The molecule has 6 nitrogen and oxygen atoms in total. The average molecular weight is 372 g/mol. The minimum Gasteiger partial charge on any atom is -0.497 e. The number of carbonyl (C=O) groups is 2. The Hall–Kier alpha value is -2.08. The molecular formula is C21H28N2O4. The number of rotatable bonds is 5. The average Bonchev–Trinajstić information content (AvgIpc) is 3.47. The van der Waals surface area contributed by atoms with Gasteiger partial charge in [-0.1, -0.05) is 0 Å². The van der Waals surface area contributed by atoms with Crippen molar-refractivity contribution in [2.75, 3.05) is 40.0 Å². The van der Waals surface area contributed by atoms with E-state index in [0.717, 1.165) is 25.1 Å². The van der Waals surface area contributed by atoms with Gasteiger partial charge < -0.3 is 19.7 Å². The van der Waals surface area contributed by atoms with Gasteiger partial charge >= 0.3 is 0 Å². The lowest BCUT2D eigenvalue weighted by molar-refractivity contribution is -0.129. The summed E-state index contributed by atoms with van der Waals surface area (Å²) in [7, 11) is 1.61. The summed E-state index contributed by atoms with van der Waals surface area (Å²) in [5, 5.41) is 3.14. The second-order valence-electron chi connectivity index (χ2n) is 8.13. The van der Waals surface area contributed by atoms with Crippen LogP contribution < -0.4 is 10.1 Å². The first-order valence-corrected chi connectivity index (χ1v) is 9.90. The molecule has 1 saturated carbocycles. The summed E-state index contributed by atoms with van der Waals surface area (Å²) in [6.45, 7) is 3.21. The molecule has 1 atom stereocenters. The maximum atomic E-state index is 13.0. The van der Waals surface area contributed by atoms with Crippen LogP contribution in [0.25, 0.3) is 0 Å². The predicted molar refractivity (Wildman–Crippen MR) is 101 cm³/mol. The van der Waals surface area contributed by atoms with Crippen molar-refractivity contribution in [2.24, 2.45) is 17.3 Å². The molecular weight excluding hydrogens is 344 g/mol. The number of methoxy groups -OCH3 is 1. The quantitative estimate of drug-likeness (QED) is 0.859. The number of amides is 2. The van der Waals surface area contributed by atoms with Gasteiger partial charge in [-0.05, 0) is 55.9 Å². The van der Waals surface area contributed by atoms with Crippen LogP contribution in [0, 0.1) is 17.3 Å². The molecule has 6 heteroatoms. The number of hydrogen-bond acceptors (Lipinski definition) is 4. The van der Waals surface area contributed by atoms with Crippen molar-refractivity contribution in [3.05, 3.63) is 29.8 Å². The fraction of sp³-hybridized carbons (Fsp3) is 0.619. The zero-order chi connectivity index (χ0) is 18.9. The van der Waals surface area contributed by atoms with Crippen molar-refractivity contribution >= 4 is 11.8 Å². The van der Waals surface area contributed by atoms with Gasteiger partial charge in [-0.25, -0.2) is 0 Å². The molecule has 1 N–H and O–H groups in total. The van der Waals surface area contributed by atoms with Crippen molar-refractivity contribution < 1.29 is 19.1 Å². The highest BCUT2D eigenvalue weighted by molar-refractivity contribution is 5.95. The van der Waals surface area contributed by atoms with Gasteiger partial charge in [0.05, 0.1) is 13.0 Å². The Balaban J connectivity index is 1.50. The standard InChI is InChI=1S/C21H28N2O4/c1-26-17-6-4-16(5-7-17)20(25)23-13-18(19(24)22-12-15-2-3-15)21(14-23)8-10-27-11-9-21/h4-7,15,18H,2-3,8-14H2,1H3,(H,22,24). The van der Waals surface area contributed by atoms with Crippen LogP contribution in [0.4, 0.5) is 0 Å². The van der Waals surface area contributed by atoms with E-state index in [1.54, 1.807) is 31.4 Å². The monoisotopic (exact) mass is 372 g/mol. The van der Waals surface area contributed by atoms with Crippen LogP contribution in [0.15, 0.2) is 24.3 Å². The Morgan fingerprint density at radius 1 is 1.22 bits per heavy atom. The van der Waals surface area contributed by atoms with Crippen molar-refractivity contribution in [3.8, 4) is 5.75 Å². The van der Waals surface area contributed by atoms with Crippen LogP contribution in [0.1, 0.15) is 36.0 Å². The molecule has 1 spiro atoms. The number of likely N-dealkylation sites (tertiary alicyclic amines) is 1. The van der Waals surface area contributed by atoms with Crippen molar-refractivity contribution in [1.82, 2.24) is 10.2 Å². The number of nitrogens with zero attached hydrogens (tertiary/aromatic N) is 1. The fourth-order valence-electron chi connectivity index (χ4n) is 4.38. The highest BCUT2D eigenvalue weighted by Crippen LogP contribution is 2.45. The third kappa shape index (κ3) is 3.81. The molecule has 1 aromatic rings. The maximum Gasteiger partial charge on any atom is 0.253 e. The first-order chi connectivity index (χ1) is 13.1. The summed E-state index contributed by atoms with van der Waals surface area (Å²) in [5.41, 5.74) is 0.477. The van der Waals surface area contributed by atoms with Gasteiger partial charge in [-0.2, -0.15) is 0 Å². The normalized spacial score (nSPS) is 24.0. The lowest BCUT2D eigenvalue weighted by Crippen LogP contribution is -2.44. The second kappa shape index (κ2) is 7.50. The minimum absolute atomic E-state index is 0.0130. The molecule has 27 heavy (non-hydrogen) atoms. The summed E-state index contributed by atoms with van der Waals surface area (Å²) in [6.07, 6.45) is 4.10. The van der Waals surface area contributed by atoms with E-state index in [4.69, 9.17) is 9.47 Å². The molecule has 1 unspecified atom stereocenters. The van der Waals surface area contributed by atoms with E-state index in [0.29, 0.717) is 37.8 Å². The molecule has 1 aromatic carbocycles. The highest BCUT2D eigenvalue weighted by Gasteiger charge is 2.51. The number of carbonyl (C=O) groups excluding carboxylic acids is 2. The summed E-state index contributed by atoms with van der Waals surface area (Å²) >= 11 is 0. The van der Waals surface area contributed by atoms with Crippen LogP contribution in [0.2, 0.25) is 0 Å². The van der Waals surface area contributed by atoms with E-state index in [1.807, 2.05) is 4.90 Å². The molecule has 0 aromatic heterocycles. The molecule has 0 radical (unpaired) electrons. The van der Waals surface area contributed by atoms with E-state index in [2.05, 4.69) is 5.32 Å². The van der Waals surface area contributed by atoms with Crippen LogP contribution in [0.3, 0.4) is 0 Å². The molecule has 2 heterocycles. The van der Waals surface area contributed by atoms with Gasteiger partial charge in [0.2, 0.25) is 5.91 Å². The van der Waals surface area contributed by atoms with E-state index >= 15 is 0 Å². The number of benzene rings is 1. The van der Waals surface area contributed by atoms with Crippen LogP contribution in [-0.2, 0) is 9.53 Å². The zero-order valence-electron chi connectivity index (χ0n) is 15.9. The maximum absolute atomic E-state index is 13.0. The van der Waals surface area contributed by atoms with Crippen LogP contribution in [0.5, 0.6) is 5.75 Å². The summed E-state index contributed by atoms with van der Waals surface area (Å²) in [6, 6.07) is 7.18. The molecule has 4 rings (SSSR count). The number of hydrogen-bond donors (Lipinski definition) is 1. The van der Waals surface area contributed by atoms with E-state index < -0.39 is 0 Å². The predicted octanol–water partition coefficient (Wildman–Crippen LogP) is 2.09. The number of ether oxygens (including phenoxy) is 2. The first-order valence-electron chi connectivity index (χ1n) is 9.90. The van der Waals surface area contributed by atoms with Crippen molar-refractivity contribution in [1.29, 1.82) is 0 Å². The van der Waals surface area contributed by atoms with E-state index in [9.17, 15) is 9.59 Å². The Morgan fingerprint density at radius 2 is 1.93 bits per heavy atom. The summed E-state index contributed by atoms with van der Waals surface area (Å²) in [4.78, 5) is 27.8. The van der Waals surface area contributed by atoms with E-state index in [1.165, 1.54) is 12.8 Å². The highest BCUT2D eigenvalue weighted by atomic mass is 16.5. The third-order valence-corrected chi connectivity index (χ3v) is 6.34. The molecule has 2 amide bonds. The Morgan fingerprint density at radius 3 is 2.56 bits per heavy atom. The molecule has 0 bridgehead atoms. The SMILES string of the molecule is COc1ccc(C(=O)N2CC(C(=O)NCC3CC3)C3(CCOCC3)C2)cc1. The Labute approximate surface area is 160 Å². The fourth-order valence-corrected chi connectivity index (χ4v) is 4.38. The molecule has 2 aliphatic heterocycles. The lowest BCUT2D eigenvalue weighted by Gasteiger charge is -2.37. The van der Waals surface area contributed by atoms with E-state index in [-0.39, 0.29) is 23.1 Å². The summed E-state index contributed by atoms with van der Waals surface area (Å²) in [5.74, 6) is 1.32. The minimum atomic E-state index is -0.159. The van der Waals surface area contributed by atoms with Gasteiger partial charge in [0.25, 0.3) is 5.91 Å². The molecule has 3 fully saturated rings. The molecule has 2 saturated heterocycles. The third-order valence-electron chi connectivity index (χ3n) is 6.34. The largest absolute Gasteiger partial charge is 0.497 e. The van der Waals surface area contributed by atoms with Crippen LogP contribution >= 0.6 is 0 Å². The van der Waals surface area contributed by atoms with Crippen molar-refractivity contribution in [3.63, 3.8) is 0 Å². The molecule has 1 aliphatic carbocycles. The van der Waals surface area contributed by atoms with Crippen LogP contribution in [-0.4, -0.2) is 56.7 Å². The van der Waals surface area contributed by atoms with Gasteiger partial charge in [-0.3, -0.25) is 9.59 Å². The van der Waals surface area contributed by atoms with Gasteiger partial charge in [-0.15, -0.1) is 0 Å². The Bertz CT molecular complexity index is 693. The first kappa shape index (κ1) is 18.3. The Kier molecular flexibility index (Phi) is 5.08. The molecule has 146 valence electrons. The summed E-state index contributed by atoms with van der Waals surface area (Å²) < 4.78 is 10.7. The van der Waals surface area contributed by atoms with Crippen molar-refractivity contribution in [2.45, 2.75) is 25.7 Å². The van der Waals surface area contributed by atoms with Gasteiger partial charge in [0, 0.05) is 43.8 Å². The zero-order valence-corrected chi connectivity index (χ0v) is 15.9. The van der Waals surface area contributed by atoms with Gasteiger partial charge in [0.1, 0.15) is 5.75 Å². The lowest BCUT2D eigenvalue weighted by atomic mass is 9.71.